The third-order valence-corrected chi connectivity index (χ3v) is 6.43. The third kappa shape index (κ3) is 6.11. The van der Waals surface area contributed by atoms with Crippen molar-refractivity contribution in [1.29, 1.82) is 0 Å². The summed E-state index contributed by atoms with van der Waals surface area (Å²) in [6.07, 6.45) is -9.79. The highest BCUT2D eigenvalue weighted by molar-refractivity contribution is 5.91. The lowest BCUT2D eigenvalue weighted by atomic mass is 9.94. The first-order valence-electron chi connectivity index (χ1n) is 12.0. The van der Waals surface area contributed by atoms with Crippen LogP contribution in [-0.4, -0.2) is 85.2 Å². The van der Waals surface area contributed by atoms with Crippen LogP contribution < -0.4 is 22.3 Å². The van der Waals surface area contributed by atoms with Crippen LogP contribution in [0.25, 0.3) is 0 Å². The van der Waals surface area contributed by atoms with Crippen LogP contribution in [0.5, 0.6) is 0 Å². The van der Waals surface area contributed by atoms with Crippen LogP contribution in [0.15, 0.2) is 58.0 Å². The Hall–Kier alpha value is -3.93. The number of carbonyl (C=O) groups is 2. The molecule has 0 radical (unpaired) electrons. The number of nitrogens with zero attached hydrogens (tertiary/aromatic N) is 1. The van der Waals surface area contributed by atoms with Gasteiger partial charge in [0.05, 0.1) is 6.61 Å². The van der Waals surface area contributed by atoms with E-state index in [-0.39, 0.29) is 6.54 Å². The number of rotatable bonds is 9. The third-order valence-electron chi connectivity index (χ3n) is 6.43. The fourth-order valence-corrected chi connectivity index (χ4v) is 4.32. The van der Waals surface area contributed by atoms with Crippen molar-refractivity contribution in [3.05, 3.63) is 80.6 Å². The Morgan fingerprint density at radius 1 is 1.15 bits per heavy atom. The van der Waals surface area contributed by atoms with Crippen LogP contribution in [0.4, 0.5) is 4.39 Å². The predicted octanol–water partition coefficient (Wildman–Crippen LogP) is -3.31. The van der Waals surface area contributed by atoms with Gasteiger partial charge in [-0.3, -0.25) is 23.9 Å². The van der Waals surface area contributed by atoms with E-state index < -0.39 is 90.2 Å². The molecule has 0 unspecified atom stereocenters. The van der Waals surface area contributed by atoms with Crippen molar-refractivity contribution in [2.75, 3.05) is 6.61 Å². The average Bonchev–Trinajstić information content (AvgIpc) is 3.23. The van der Waals surface area contributed by atoms with E-state index in [0.717, 1.165) is 22.9 Å². The zero-order valence-electron chi connectivity index (χ0n) is 20.6. The molecular formula is C24H27FN4O11. The number of H-pyrrole nitrogens is 1. The average molecular weight is 566 g/mol. The Bertz CT molecular complexity index is 1380. The largest absolute Gasteiger partial charge is 0.456 e. The Morgan fingerprint density at radius 2 is 1.85 bits per heavy atom. The molecule has 1 fully saturated rings. The zero-order chi connectivity index (χ0) is 29.1. The molecule has 1 aromatic heterocycles. The number of benzene rings is 1. The Morgan fingerprint density at radius 3 is 2.48 bits per heavy atom. The highest BCUT2D eigenvalue weighted by Crippen LogP contribution is 2.36. The molecule has 0 saturated carbocycles. The summed E-state index contributed by atoms with van der Waals surface area (Å²) in [5.41, 5.74) is 4.38. The topological polar surface area (TPSA) is 236 Å². The summed E-state index contributed by atoms with van der Waals surface area (Å²) < 4.78 is 30.5. The van der Waals surface area contributed by atoms with Crippen molar-refractivity contribution in [3.8, 4) is 0 Å². The SMILES string of the molecule is NC(=O)[C@H](O[C@H]1OC(C(=O)NCc2ccc(F)cc2)=C[C@H](O)[C@@H]1O)[C@H]1O[C@@H](n2ccc(=O)[nH]c2=O)[C@H](O)[C@@H]1CO. The molecule has 2 aliphatic heterocycles. The molecule has 0 aliphatic carbocycles. The number of carbonyl (C=O) groups excluding carboxylic acids is 2. The molecule has 2 aliphatic rings. The smallest absolute Gasteiger partial charge is 0.330 e. The number of ether oxygens (including phenoxy) is 3. The molecule has 216 valence electrons. The fraction of sp³-hybridized carbons (Fsp3) is 0.417. The highest BCUT2D eigenvalue weighted by Gasteiger charge is 2.51. The minimum Gasteiger partial charge on any atom is -0.456 e. The normalized spacial score (nSPS) is 28.8. The molecule has 15 nitrogen and oxygen atoms in total. The first-order chi connectivity index (χ1) is 19.0. The van der Waals surface area contributed by atoms with Crippen molar-refractivity contribution in [2.24, 2.45) is 11.7 Å². The van der Waals surface area contributed by atoms with Crippen molar-refractivity contribution in [1.82, 2.24) is 14.9 Å². The summed E-state index contributed by atoms with van der Waals surface area (Å²) >= 11 is 0. The van der Waals surface area contributed by atoms with Crippen molar-refractivity contribution in [2.45, 2.75) is 49.6 Å². The van der Waals surface area contributed by atoms with E-state index in [4.69, 9.17) is 19.9 Å². The van der Waals surface area contributed by atoms with Gasteiger partial charge in [-0.15, -0.1) is 0 Å². The number of amides is 2. The fourth-order valence-electron chi connectivity index (χ4n) is 4.32. The zero-order valence-corrected chi connectivity index (χ0v) is 20.6. The number of aliphatic hydroxyl groups is 4. The summed E-state index contributed by atoms with van der Waals surface area (Å²) in [4.78, 5) is 50.6. The number of primary amides is 1. The van der Waals surface area contributed by atoms with Crippen LogP contribution in [0.3, 0.4) is 0 Å². The first-order valence-corrected chi connectivity index (χ1v) is 12.0. The molecule has 1 saturated heterocycles. The first kappa shape index (κ1) is 29.1. The summed E-state index contributed by atoms with van der Waals surface area (Å²) in [6.45, 7) is -0.799. The maximum atomic E-state index is 13.1. The van der Waals surface area contributed by atoms with Gasteiger partial charge in [-0.1, -0.05) is 12.1 Å². The predicted molar refractivity (Wildman–Crippen MR) is 129 cm³/mol. The van der Waals surface area contributed by atoms with Crippen LogP contribution in [-0.2, 0) is 30.3 Å². The van der Waals surface area contributed by atoms with Gasteiger partial charge in [0, 0.05) is 24.7 Å². The number of aromatic amines is 1. The number of nitrogens with two attached hydrogens (primary N) is 1. The van der Waals surface area contributed by atoms with Gasteiger partial charge in [0.1, 0.15) is 30.2 Å². The summed E-state index contributed by atoms with van der Waals surface area (Å²) in [6, 6.07) is 6.27. The number of aliphatic hydroxyl groups excluding tert-OH is 4. The standard InChI is InChI=1S/C24H27FN4O11/c25-11-3-1-10(2-4-11)8-27-21(36)14-7-13(31)17(34)23(38-14)40-19(20(26)35)18-12(9-30)16(33)22(39-18)29-6-5-15(32)28-24(29)37/h1-7,12-13,16-19,22-23,30-31,33-34H,8-9H2,(H2,26,35)(H,27,36)(H,28,32,37)/t12-,13-,16+,17-,18-,19+,22+,23+/m0/s1. The molecule has 16 heteroatoms. The number of halogens is 1. The number of aromatic nitrogens is 2. The van der Waals surface area contributed by atoms with Crippen LogP contribution >= 0.6 is 0 Å². The number of hydrogen-bond acceptors (Lipinski definition) is 11. The lowest BCUT2D eigenvalue weighted by molar-refractivity contribution is -0.239. The Labute approximate surface area is 224 Å². The van der Waals surface area contributed by atoms with E-state index >= 15 is 0 Å². The molecular weight excluding hydrogens is 539 g/mol. The van der Waals surface area contributed by atoms with Gasteiger partial charge in [0.15, 0.2) is 18.1 Å². The molecule has 2 aromatic rings. The van der Waals surface area contributed by atoms with E-state index in [1.807, 2.05) is 4.98 Å². The van der Waals surface area contributed by atoms with Gasteiger partial charge in [0.2, 0.25) is 12.2 Å². The van der Waals surface area contributed by atoms with Gasteiger partial charge in [0.25, 0.3) is 11.5 Å². The quantitative estimate of drug-likeness (QED) is 0.159. The number of nitrogens with one attached hydrogen (secondary N) is 2. The molecule has 0 spiro atoms. The minimum atomic E-state index is -1.85. The van der Waals surface area contributed by atoms with Crippen molar-refractivity contribution >= 4 is 11.8 Å². The molecule has 8 N–H and O–H groups in total. The number of hydrogen-bond donors (Lipinski definition) is 7. The maximum Gasteiger partial charge on any atom is 0.330 e. The molecule has 1 aromatic carbocycles. The monoisotopic (exact) mass is 566 g/mol. The Balaban J connectivity index is 1.50. The van der Waals surface area contributed by atoms with E-state index in [1.54, 1.807) is 0 Å². The van der Waals surface area contributed by atoms with E-state index in [1.165, 1.54) is 24.3 Å². The summed E-state index contributed by atoms with van der Waals surface area (Å²) in [5.74, 6) is -4.21. The van der Waals surface area contributed by atoms with Gasteiger partial charge >= 0.3 is 5.69 Å². The lowest BCUT2D eigenvalue weighted by Crippen LogP contribution is -2.53. The second kappa shape index (κ2) is 12.1. The van der Waals surface area contributed by atoms with Crippen molar-refractivity contribution in [3.63, 3.8) is 0 Å². The minimum absolute atomic E-state index is 0.0363. The molecule has 4 rings (SSSR count). The van der Waals surface area contributed by atoms with Crippen LogP contribution in [0, 0.1) is 11.7 Å². The molecule has 3 heterocycles. The Kier molecular flexibility index (Phi) is 8.77. The molecule has 0 bridgehead atoms. The van der Waals surface area contributed by atoms with E-state index in [2.05, 4.69) is 5.32 Å². The van der Waals surface area contributed by atoms with Crippen LogP contribution in [0.1, 0.15) is 11.8 Å². The highest BCUT2D eigenvalue weighted by atomic mass is 19.1. The van der Waals surface area contributed by atoms with Gasteiger partial charge in [-0.2, -0.15) is 0 Å². The second-order valence-corrected chi connectivity index (χ2v) is 9.11. The van der Waals surface area contributed by atoms with E-state index in [0.29, 0.717) is 5.56 Å². The van der Waals surface area contributed by atoms with E-state index in [9.17, 15) is 44.0 Å². The maximum absolute atomic E-state index is 13.1. The summed E-state index contributed by atoms with van der Waals surface area (Å²) in [7, 11) is 0. The van der Waals surface area contributed by atoms with Crippen molar-refractivity contribution < 1.29 is 48.6 Å². The molecule has 2 amide bonds. The molecule has 8 atom stereocenters. The second-order valence-electron chi connectivity index (χ2n) is 9.11. The van der Waals surface area contributed by atoms with Gasteiger partial charge in [-0.05, 0) is 23.8 Å². The van der Waals surface area contributed by atoms with Crippen LogP contribution in [0.2, 0.25) is 0 Å². The summed E-state index contributed by atoms with van der Waals surface area (Å²) in [5, 5.41) is 43.8. The van der Waals surface area contributed by atoms with Gasteiger partial charge in [-0.25, -0.2) is 9.18 Å². The lowest BCUT2D eigenvalue weighted by Gasteiger charge is -2.35. The van der Waals surface area contributed by atoms with Gasteiger partial charge < -0.3 is 45.7 Å². The molecule has 40 heavy (non-hydrogen) atoms.